The van der Waals surface area contributed by atoms with E-state index in [0.29, 0.717) is 29.9 Å². The number of nitrogens with one attached hydrogen (secondary N) is 1. The quantitative estimate of drug-likeness (QED) is 0.876. The highest BCUT2D eigenvalue weighted by Crippen LogP contribution is 2.21. The number of rotatable bonds is 4. The second-order valence-corrected chi connectivity index (χ2v) is 8.39. The van der Waals surface area contributed by atoms with Crippen LogP contribution >= 0.6 is 0 Å². The van der Waals surface area contributed by atoms with Gasteiger partial charge in [0, 0.05) is 18.7 Å². The molecular formula is C20H21N3O3S. The minimum absolute atomic E-state index is 0.193. The number of carbonyl (C=O) groups is 1. The first kappa shape index (κ1) is 19.1. The number of amides is 1. The Morgan fingerprint density at radius 1 is 0.963 bits per heavy atom. The fourth-order valence-corrected chi connectivity index (χ4v) is 4.61. The summed E-state index contributed by atoms with van der Waals surface area (Å²) < 4.78 is 27.1. The zero-order valence-electron chi connectivity index (χ0n) is 14.9. The van der Waals surface area contributed by atoms with E-state index >= 15 is 0 Å². The van der Waals surface area contributed by atoms with Crippen molar-refractivity contribution >= 4 is 21.6 Å². The molecule has 0 aromatic heterocycles. The molecule has 0 saturated carbocycles. The van der Waals surface area contributed by atoms with Gasteiger partial charge < -0.3 is 5.32 Å². The van der Waals surface area contributed by atoms with Gasteiger partial charge in [-0.15, -0.1) is 0 Å². The second kappa shape index (κ2) is 8.33. The molecule has 2 aromatic rings. The number of hydrogen-bond acceptors (Lipinski definition) is 4. The van der Waals surface area contributed by atoms with E-state index in [1.54, 1.807) is 24.3 Å². The summed E-state index contributed by atoms with van der Waals surface area (Å²) in [6.07, 6.45) is 3.85. The molecule has 1 aliphatic heterocycles. The van der Waals surface area contributed by atoms with Crippen molar-refractivity contribution in [1.82, 2.24) is 4.31 Å². The molecule has 1 fully saturated rings. The molecular weight excluding hydrogens is 362 g/mol. The number of hydrogen-bond donors (Lipinski definition) is 1. The highest BCUT2D eigenvalue weighted by atomic mass is 32.2. The van der Waals surface area contributed by atoms with E-state index in [1.165, 1.54) is 28.6 Å². The van der Waals surface area contributed by atoms with Gasteiger partial charge in [0.1, 0.15) is 6.07 Å². The van der Waals surface area contributed by atoms with Gasteiger partial charge in [-0.1, -0.05) is 25.0 Å². The minimum Gasteiger partial charge on any atom is -0.321 e. The molecule has 27 heavy (non-hydrogen) atoms. The number of nitriles is 1. The Kier molecular flexibility index (Phi) is 5.89. The molecule has 140 valence electrons. The summed E-state index contributed by atoms with van der Waals surface area (Å²) in [6, 6.07) is 14.7. The topological polar surface area (TPSA) is 90.3 Å². The van der Waals surface area contributed by atoms with Gasteiger partial charge in [-0.2, -0.15) is 9.57 Å². The zero-order chi connectivity index (χ0) is 19.3. The van der Waals surface area contributed by atoms with Crippen molar-refractivity contribution in [2.45, 2.75) is 30.6 Å². The Labute approximate surface area is 159 Å². The number of sulfonamides is 1. The molecule has 0 atom stereocenters. The van der Waals surface area contributed by atoms with Crippen molar-refractivity contribution in [3.05, 3.63) is 59.7 Å². The average Bonchev–Trinajstić information content (AvgIpc) is 2.98. The molecule has 6 nitrogen and oxygen atoms in total. The van der Waals surface area contributed by atoms with Crippen molar-refractivity contribution in [2.24, 2.45) is 0 Å². The van der Waals surface area contributed by atoms with E-state index in [2.05, 4.69) is 5.32 Å². The van der Waals surface area contributed by atoms with Crippen LogP contribution in [0.2, 0.25) is 0 Å². The van der Waals surface area contributed by atoms with E-state index in [9.17, 15) is 13.2 Å². The van der Waals surface area contributed by atoms with Crippen LogP contribution in [0.5, 0.6) is 0 Å². The third-order valence-corrected chi connectivity index (χ3v) is 6.53. The largest absolute Gasteiger partial charge is 0.321 e. The summed E-state index contributed by atoms with van der Waals surface area (Å²) in [4.78, 5) is 12.6. The molecule has 0 aliphatic carbocycles. The summed E-state index contributed by atoms with van der Waals surface area (Å²) in [7, 11) is -3.54. The molecule has 1 aliphatic rings. The van der Waals surface area contributed by atoms with Crippen LogP contribution in [-0.2, 0) is 10.0 Å². The lowest BCUT2D eigenvalue weighted by atomic mass is 10.1. The Balaban J connectivity index is 1.76. The Hall–Kier alpha value is -2.69. The number of benzene rings is 2. The molecule has 7 heteroatoms. The molecule has 2 aromatic carbocycles. The van der Waals surface area contributed by atoms with Crippen LogP contribution in [0.3, 0.4) is 0 Å². The van der Waals surface area contributed by atoms with Gasteiger partial charge in [-0.25, -0.2) is 8.42 Å². The molecule has 0 spiro atoms. The SMILES string of the molecule is N#Cc1ccccc1NC(=O)c1ccc(S(=O)(=O)N2CCCCCC2)cc1. The smallest absolute Gasteiger partial charge is 0.255 e. The maximum absolute atomic E-state index is 12.8. The van der Waals surface area contributed by atoms with Crippen molar-refractivity contribution in [1.29, 1.82) is 5.26 Å². The van der Waals surface area contributed by atoms with Crippen molar-refractivity contribution in [3.63, 3.8) is 0 Å². The van der Waals surface area contributed by atoms with Crippen LogP contribution in [0.25, 0.3) is 0 Å². The minimum atomic E-state index is -3.54. The predicted molar refractivity (Wildman–Crippen MR) is 103 cm³/mol. The molecule has 1 heterocycles. The first-order valence-corrected chi connectivity index (χ1v) is 10.4. The fraction of sp³-hybridized carbons (Fsp3) is 0.300. The van der Waals surface area contributed by atoms with Gasteiger partial charge in [0.15, 0.2) is 0 Å². The van der Waals surface area contributed by atoms with Crippen LogP contribution in [0.1, 0.15) is 41.6 Å². The Morgan fingerprint density at radius 2 is 1.59 bits per heavy atom. The number of anilines is 1. The molecule has 3 rings (SSSR count). The summed E-state index contributed by atoms with van der Waals surface area (Å²) >= 11 is 0. The predicted octanol–water partition coefficient (Wildman–Crippen LogP) is 3.38. The highest BCUT2D eigenvalue weighted by molar-refractivity contribution is 7.89. The maximum atomic E-state index is 12.8. The molecule has 1 saturated heterocycles. The summed E-state index contributed by atoms with van der Waals surface area (Å²) in [5.41, 5.74) is 1.12. The number of carbonyl (C=O) groups excluding carboxylic acids is 1. The van der Waals surface area contributed by atoms with Gasteiger partial charge >= 0.3 is 0 Å². The Morgan fingerprint density at radius 3 is 2.22 bits per heavy atom. The molecule has 1 N–H and O–H groups in total. The van der Waals surface area contributed by atoms with Gasteiger partial charge in [-0.05, 0) is 49.2 Å². The van der Waals surface area contributed by atoms with E-state index in [0.717, 1.165) is 25.7 Å². The lowest BCUT2D eigenvalue weighted by Crippen LogP contribution is -2.31. The fourth-order valence-electron chi connectivity index (χ4n) is 3.09. The number of para-hydroxylation sites is 1. The first-order valence-electron chi connectivity index (χ1n) is 8.93. The van der Waals surface area contributed by atoms with Gasteiger partial charge in [0.05, 0.1) is 16.1 Å². The normalized spacial score (nSPS) is 15.5. The lowest BCUT2D eigenvalue weighted by Gasteiger charge is -2.20. The lowest BCUT2D eigenvalue weighted by molar-refractivity contribution is 0.102. The highest BCUT2D eigenvalue weighted by Gasteiger charge is 2.25. The van der Waals surface area contributed by atoms with Crippen molar-refractivity contribution in [3.8, 4) is 6.07 Å². The standard InChI is InChI=1S/C20H21N3O3S/c21-15-17-7-3-4-8-19(17)22-20(24)16-9-11-18(12-10-16)27(25,26)23-13-5-1-2-6-14-23/h3-4,7-12H,1-2,5-6,13-14H2,(H,22,24). The van der Waals surface area contributed by atoms with Crippen LogP contribution < -0.4 is 5.32 Å². The molecule has 0 unspecified atom stereocenters. The average molecular weight is 383 g/mol. The Bertz CT molecular complexity index is 955. The number of nitrogens with zero attached hydrogens (tertiary/aromatic N) is 2. The van der Waals surface area contributed by atoms with Gasteiger partial charge in [-0.3, -0.25) is 4.79 Å². The maximum Gasteiger partial charge on any atom is 0.255 e. The van der Waals surface area contributed by atoms with Gasteiger partial charge in [0.2, 0.25) is 10.0 Å². The third-order valence-electron chi connectivity index (χ3n) is 4.62. The first-order chi connectivity index (χ1) is 13.0. The van der Waals surface area contributed by atoms with Crippen LogP contribution in [0.15, 0.2) is 53.4 Å². The van der Waals surface area contributed by atoms with Crippen molar-refractivity contribution < 1.29 is 13.2 Å². The summed E-state index contributed by atoms with van der Waals surface area (Å²) in [5, 5.41) is 11.8. The zero-order valence-corrected chi connectivity index (χ0v) is 15.7. The second-order valence-electron chi connectivity index (χ2n) is 6.45. The third kappa shape index (κ3) is 4.35. The summed E-state index contributed by atoms with van der Waals surface area (Å²) in [6.45, 7) is 1.07. The van der Waals surface area contributed by atoms with Crippen molar-refractivity contribution in [2.75, 3.05) is 18.4 Å². The van der Waals surface area contributed by atoms with Gasteiger partial charge in [0.25, 0.3) is 5.91 Å². The van der Waals surface area contributed by atoms with Crippen LogP contribution in [0, 0.1) is 11.3 Å². The molecule has 0 bridgehead atoms. The van der Waals surface area contributed by atoms with Crippen LogP contribution in [0.4, 0.5) is 5.69 Å². The van der Waals surface area contributed by atoms with E-state index in [4.69, 9.17) is 5.26 Å². The van der Waals surface area contributed by atoms with Crippen LogP contribution in [-0.4, -0.2) is 31.7 Å². The molecule has 0 radical (unpaired) electrons. The van der Waals surface area contributed by atoms with E-state index < -0.39 is 15.9 Å². The monoisotopic (exact) mass is 383 g/mol. The summed E-state index contributed by atoms with van der Waals surface area (Å²) in [5.74, 6) is -0.392. The van der Waals surface area contributed by atoms with E-state index in [-0.39, 0.29) is 4.90 Å². The van der Waals surface area contributed by atoms with E-state index in [1.807, 2.05) is 6.07 Å². The molecule has 1 amide bonds.